The summed E-state index contributed by atoms with van der Waals surface area (Å²) in [5.41, 5.74) is 0.663. The van der Waals surface area contributed by atoms with Crippen LogP contribution in [0, 0.1) is 0 Å². The molecule has 0 bridgehead atoms. The van der Waals surface area contributed by atoms with Crippen LogP contribution < -0.4 is 5.32 Å². The third-order valence-electron chi connectivity index (χ3n) is 3.22. The van der Waals surface area contributed by atoms with Gasteiger partial charge in [0.05, 0.1) is 0 Å². The minimum absolute atomic E-state index is 0.0723. The van der Waals surface area contributed by atoms with Gasteiger partial charge in [0.2, 0.25) is 17.6 Å². The largest absolute Gasteiger partial charge is 0.368 e. The van der Waals surface area contributed by atoms with Crippen LogP contribution in [0.2, 0.25) is 0 Å². The van der Waals surface area contributed by atoms with Crippen LogP contribution in [0.25, 0.3) is 11.5 Å². The summed E-state index contributed by atoms with van der Waals surface area (Å²) in [6.07, 6.45) is 3.58. The Balaban J connectivity index is 1.50. The minimum atomic E-state index is -0.309. The molecule has 0 spiro atoms. The number of amides is 1. The van der Waals surface area contributed by atoms with Crippen LogP contribution >= 0.6 is 0 Å². The predicted molar refractivity (Wildman–Crippen MR) is 73.2 cm³/mol. The Morgan fingerprint density at radius 2 is 2.38 bits per heavy atom. The van der Waals surface area contributed by atoms with Crippen LogP contribution in [-0.2, 0) is 16.0 Å². The van der Waals surface area contributed by atoms with Crippen molar-refractivity contribution in [3.05, 3.63) is 30.3 Å². The van der Waals surface area contributed by atoms with E-state index >= 15 is 0 Å². The van der Waals surface area contributed by atoms with Gasteiger partial charge in [0.15, 0.2) is 0 Å². The third kappa shape index (κ3) is 3.43. The molecule has 0 radical (unpaired) electrons. The number of hydrogen-bond acceptors (Lipinski definition) is 6. The Labute approximate surface area is 121 Å². The highest BCUT2D eigenvalue weighted by Gasteiger charge is 2.23. The van der Waals surface area contributed by atoms with Gasteiger partial charge < -0.3 is 14.6 Å². The van der Waals surface area contributed by atoms with E-state index in [0.717, 1.165) is 12.8 Å². The summed E-state index contributed by atoms with van der Waals surface area (Å²) in [6, 6.07) is 5.50. The van der Waals surface area contributed by atoms with Crippen molar-refractivity contribution in [3.8, 4) is 11.5 Å². The first-order chi connectivity index (χ1) is 10.3. The molecule has 1 aliphatic heterocycles. The molecule has 3 heterocycles. The number of carbonyl (C=O) groups excluding carboxylic acids is 1. The lowest BCUT2D eigenvalue weighted by atomic mass is 10.2. The second-order valence-electron chi connectivity index (χ2n) is 4.77. The molecule has 21 heavy (non-hydrogen) atoms. The molecule has 1 fully saturated rings. The van der Waals surface area contributed by atoms with Crippen LogP contribution in [-0.4, -0.2) is 40.3 Å². The van der Waals surface area contributed by atoms with Gasteiger partial charge in [-0.3, -0.25) is 9.78 Å². The van der Waals surface area contributed by atoms with Gasteiger partial charge in [0.1, 0.15) is 11.8 Å². The van der Waals surface area contributed by atoms with E-state index in [4.69, 9.17) is 9.26 Å². The summed E-state index contributed by atoms with van der Waals surface area (Å²) in [7, 11) is 0. The van der Waals surface area contributed by atoms with Crippen molar-refractivity contribution < 1.29 is 14.1 Å². The van der Waals surface area contributed by atoms with Gasteiger partial charge in [-0.05, 0) is 25.0 Å². The number of ether oxygens (including phenoxy) is 1. The maximum atomic E-state index is 11.7. The van der Waals surface area contributed by atoms with E-state index in [1.165, 1.54) is 0 Å². The lowest BCUT2D eigenvalue weighted by Gasteiger charge is -2.08. The van der Waals surface area contributed by atoms with Crippen LogP contribution in [0.15, 0.2) is 28.9 Å². The molecule has 110 valence electrons. The Morgan fingerprint density at radius 3 is 3.14 bits per heavy atom. The molecular weight excluding hydrogens is 272 g/mol. The fraction of sp³-hybridized carbons (Fsp3) is 0.429. The van der Waals surface area contributed by atoms with E-state index in [1.807, 2.05) is 18.2 Å². The fourth-order valence-electron chi connectivity index (χ4n) is 2.15. The van der Waals surface area contributed by atoms with Crippen LogP contribution in [0.4, 0.5) is 0 Å². The second kappa shape index (κ2) is 6.45. The van der Waals surface area contributed by atoms with E-state index in [1.54, 1.807) is 6.20 Å². The highest BCUT2D eigenvalue weighted by Crippen LogP contribution is 2.13. The van der Waals surface area contributed by atoms with Gasteiger partial charge in [0.25, 0.3) is 0 Å². The van der Waals surface area contributed by atoms with Crippen molar-refractivity contribution >= 4 is 5.91 Å². The number of aromatic nitrogens is 3. The Kier molecular flexibility index (Phi) is 4.20. The Morgan fingerprint density at radius 1 is 1.43 bits per heavy atom. The molecule has 1 amide bonds. The topological polar surface area (TPSA) is 90.1 Å². The summed E-state index contributed by atoms with van der Waals surface area (Å²) in [4.78, 5) is 20.2. The molecule has 0 saturated carbocycles. The first-order valence-electron chi connectivity index (χ1n) is 6.96. The summed E-state index contributed by atoms with van der Waals surface area (Å²) in [5, 5.41) is 6.69. The molecule has 2 aromatic heterocycles. The molecule has 2 aromatic rings. The molecule has 7 nitrogen and oxygen atoms in total. The molecule has 1 saturated heterocycles. The molecule has 0 unspecified atom stereocenters. The molecule has 0 aliphatic carbocycles. The number of rotatable bonds is 5. The van der Waals surface area contributed by atoms with Crippen molar-refractivity contribution in [1.29, 1.82) is 0 Å². The lowest BCUT2D eigenvalue weighted by molar-refractivity contribution is -0.130. The maximum Gasteiger partial charge on any atom is 0.249 e. The van der Waals surface area contributed by atoms with Crippen molar-refractivity contribution in [1.82, 2.24) is 20.4 Å². The zero-order valence-electron chi connectivity index (χ0n) is 11.5. The van der Waals surface area contributed by atoms with Crippen molar-refractivity contribution in [2.75, 3.05) is 13.2 Å². The minimum Gasteiger partial charge on any atom is -0.368 e. The normalized spacial score (nSPS) is 17.8. The highest BCUT2D eigenvalue weighted by atomic mass is 16.5. The van der Waals surface area contributed by atoms with Gasteiger partial charge >= 0.3 is 0 Å². The number of nitrogens with one attached hydrogen (secondary N) is 1. The molecular formula is C14H16N4O3. The van der Waals surface area contributed by atoms with E-state index in [0.29, 0.717) is 37.0 Å². The standard InChI is InChI=1S/C14H16N4O3/c19-14(11-5-3-9-20-11)16-8-6-12-17-13(18-21-12)10-4-1-2-7-15-10/h1-2,4,7,11H,3,5-6,8-9H2,(H,16,19)/t11-/m0/s1. The van der Waals surface area contributed by atoms with Gasteiger partial charge in [-0.15, -0.1) is 0 Å². The summed E-state index contributed by atoms with van der Waals surface area (Å²) < 4.78 is 10.5. The second-order valence-corrected chi connectivity index (χ2v) is 4.77. The number of hydrogen-bond donors (Lipinski definition) is 1. The van der Waals surface area contributed by atoms with E-state index < -0.39 is 0 Å². The van der Waals surface area contributed by atoms with Crippen LogP contribution in [0.1, 0.15) is 18.7 Å². The third-order valence-corrected chi connectivity index (χ3v) is 3.22. The maximum absolute atomic E-state index is 11.7. The van der Waals surface area contributed by atoms with Gasteiger partial charge in [-0.25, -0.2) is 0 Å². The average molecular weight is 288 g/mol. The smallest absolute Gasteiger partial charge is 0.249 e. The molecule has 1 atom stereocenters. The van der Waals surface area contributed by atoms with Crippen LogP contribution in [0.5, 0.6) is 0 Å². The summed E-state index contributed by atoms with van der Waals surface area (Å²) >= 11 is 0. The number of carbonyl (C=O) groups is 1. The SMILES string of the molecule is O=C(NCCc1nc(-c2ccccn2)no1)[C@@H]1CCCO1. The fourth-order valence-corrected chi connectivity index (χ4v) is 2.15. The molecule has 1 aliphatic rings. The van der Waals surface area contributed by atoms with Crippen molar-refractivity contribution in [3.63, 3.8) is 0 Å². The van der Waals surface area contributed by atoms with Crippen LogP contribution in [0.3, 0.4) is 0 Å². The van der Waals surface area contributed by atoms with Crippen molar-refractivity contribution in [2.45, 2.75) is 25.4 Å². The number of pyridine rings is 1. The Hall–Kier alpha value is -2.28. The monoisotopic (exact) mass is 288 g/mol. The molecule has 7 heteroatoms. The van der Waals surface area contributed by atoms with E-state index in [2.05, 4.69) is 20.4 Å². The summed E-state index contributed by atoms with van der Waals surface area (Å²) in [6.45, 7) is 1.11. The zero-order valence-corrected chi connectivity index (χ0v) is 11.5. The van der Waals surface area contributed by atoms with E-state index in [-0.39, 0.29) is 12.0 Å². The first-order valence-corrected chi connectivity index (χ1v) is 6.96. The van der Waals surface area contributed by atoms with Crippen molar-refractivity contribution in [2.24, 2.45) is 0 Å². The molecule has 1 N–H and O–H groups in total. The predicted octanol–water partition coefficient (Wildman–Crippen LogP) is 0.969. The molecule has 3 rings (SSSR count). The number of nitrogens with zero attached hydrogens (tertiary/aromatic N) is 3. The zero-order chi connectivity index (χ0) is 14.5. The lowest BCUT2D eigenvalue weighted by Crippen LogP contribution is -2.35. The first kappa shape index (κ1) is 13.7. The van der Waals surface area contributed by atoms with E-state index in [9.17, 15) is 4.79 Å². The van der Waals surface area contributed by atoms with Gasteiger partial charge in [-0.1, -0.05) is 11.2 Å². The quantitative estimate of drug-likeness (QED) is 0.881. The highest BCUT2D eigenvalue weighted by molar-refractivity contribution is 5.80. The van der Waals surface area contributed by atoms with Gasteiger partial charge in [0, 0.05) is 25.8 Å². The molecule has 0 aromatic carbocycles. The van der Waals surface area contributed by atoms with Gasteiger partial charge in [-0.2, -0.15) is 4.98 Å². The average Bonchev–Trinajstić information content (AvgIpc) is 3.20. The Bertz CT molecular complexity index is 593. The summed E-state index contributed by atoms with van der Waals surface area (Å²) in [5.74, 6) is 0.858.